The summed E-state index contributed by atoms with van der Waals surface area (Å²) in [4.78, 5) is 33.0. The lowest BCUT2D eigenvalue weighted by molar-refractivity contribution is -0.113. The van der Waals surface area contributed by atoms with Crippen molar-refractivity contribution in [3.8, 4) is 11.5 Å². The van der Waals surface area contributed by atoms with Gasteiger partial charge in [-0.25, -0.2) is 4.79 Å². The van der Waals surface area contributed by atoms with Crippen molar-refractivity contribution < 1.29 is 23.8 Å². The molecule has 1 N–H and O–H groups in total. The van der Waals surface area contributed by atoms with Crippen molar-refractivity contribution in [3.63, 3.8) is 0 Å². The number of hydrogen-bond donors (Lipinski definition) is 1. The van der Waals surface area contributed by atoms with Crippen molar-refractivity contribution in [1.29, 1.82) is 0 Å². The minimum Gasteiger partial charge on any atom is -0.497 e. The van der Waals surface area contributed by atoms with E-state index in [1.165, 1.54) is 6.26 Å². The molecule has 2 heterocycles. The van der Waals surface area contributed by atoms with E-state index in [0.29, 0.717) is 43.4 Å². The maximum atomic E-state index is 13.0. The van der Waals surface area contributed by atoms with E-state index < -0.39 is 6.03 Å². The van der Waals surface area contributed by atoms with E-state index in [-0.39, 0.29) is 17.6 Å². The van der Waals surface area contributed by atoms with Crippen LogP contribution in [-0.4, -0.2) is 48.0 Å². The summed E-state index contributed by atoms with van der Waals surface area (Å²) in [5, 5.41) is 2.86. The molecule has 0 radical (unpaired) electrons. The van der Waals surface area contributed by atoms with Crippen LogP contribution < -0.4 is 14.8 Å². The van der Waals surface area contributed by atoms with E-state index in [1.54, 1.807) is 41.2 Å². The van der Waals surface area contributed by atoms with Crippen LogP contribution >= 0.6 is 0 Å². The number of methoxy groups -OCH3 is 1. The number of carbonyl (C=O) groups excluding carboxylic acids is 2. The van der Waals surface area contributed by atoms with Crippen molar-refractivity contribution in [2.45, 2.75) is 13.2 Å². The second-order valence-corrected chi connectivity index (χ2v) is 8.48. The quantitative estimate of drug-likeness (QED) is 0.496. The van der Waals surface area contributed by atoms with Crippen molar-refractivity contribution in [1.82, 2.24) is 9.80 Å². The lowest BCUT2D eigenvalue weighted by Crippen LogP contribution is -2.36. The third kappa shape index (κ3) is 5.72. The first-order valence-corrected chi connectivity index (χ1v) is 11.8. The summed E-state index contributed by atoms with van der Waals surface area (Å²) in [7, 11) is 1.60. The number of anilines is 1. The summed E-state index contributed by atoms with van der Waals surface area (Å²) in [5.74, 6) is 1.05. The van der Waals surface area contributed by atoms with E-state index in [0.717, 1.165) is 11.1 Å². The number of ether oxygens (including phenoxy) is 3. The lowest BCUT2D eigenvalue weighted by Gasteiger charge is -2.21. The number of amidine groups is 1. The normalized spacial score (nSPS) is 14.7. The van der Waals surface area contributed by atoms with Crippen LogP contribution in [0.5, 0.6) is 11.5 Å². The summed E-state index contributed by atoms with van der Waals surface area (Å²) in [5.41, 5.74) is 2.87. The van der Waals surface area contributed by atoms with Crippen molar-refractivity contribution in [3.05, 3.63) is 102 Å². The number of amides is 3. The molecule has 9 heteroatoms. The number of hydrogen-bond acceptors (Lipinski definition) is 6. The van der Waals surface area contributed by atoms with E-state index >= 15 is 0 Å². The molecular formula is C28H26N4O5. The summed E-state index contributed by atoms with van der Waals surface area (Å²) < 4.78 is 16.5. The first kappa shape index (κ1) is 23.9. The third-order valence-corrected chi connectivity index (χ3v) is 5.95. The highest BCUT2D eigenvalue weighted by atomic mass is 16.5. The fourth-order valence-corrected chi connectivity index (χ4v) is 3.99. The van der Waals surface area contributed by atoms with Gasteiger partial charge in [-0.05, 0) is 47.5 Å². The van der Waals surface area contributed by atoms with Crippen LogP contribution in [-0.2, 0) is 22.7 Å². The topological polar surface area (TPSA) is 92.7 Å². The molecule has 0 unspecified atom stereocenters. The van der Waals surface area contributed by atoms with Gasteiger partial charge >= 0.3 is 12.1 Å². The lowest BCUT2D eigenvalue weighted by atomic mass is 10.2. The van der Waals surface area contributed by atoms with Crippen LogP contribution in [0.4, 0.5) is 10.5 Å². The molecule has 0 saturated carbocycles. The Morgan fingerprint density at radius 3 is 2.54 bits per heavy atom. The molecule has 2 aliphatic rings. The van der Waals surface area contributed by atoms with Gasteiger partial charge in [0, 0.05) is 25.3 Å². The molecule has 3 aromatic rings. The average molecular weight is 499 g/mol. The number of fused-ring (bicyclic) bond motifs is 1. The molecule has 0 saturated heterocycles. The van der Waals surface area contributed by atoms with Crippen LogP contribution in [0.1, 0.15) is 11.1 Å². The molecule has 0 spiro atoms. The predicted octanol–water partition coefficient (Wildman–Crippen LogP) is 4.38. The molecule has 0 atom stereocenters. The molecule has 0 aliphatic carbocycles. The van der Waals surface area contributed by atoms with E-state index in [4.69, 9.17) is 14.2 Å². The largest absolute Gasteiger partial charge is 0.497 e. The Labute approximate surface area is 214 Å². The van der Waals surface area contributed by atoms with Gasteiger partial charge in [0.25, 0.3) is 5.91 Å². The molecule has 2 aliphatic heterocycles. The number of urea groups is 1. The molecule has 0 fully saturated rings. The van der Waals surface area contributed by atoms with Gasteiger partial charge in [-0.3, -0.25) is 9.69 Å². The van der Waals surface area contributed by atoms with Crippen LogP contribution in [0, 0.1) is 0 Å². The fourth-order valence-electron chi connectivity index (χ4n) is 3.99. The Morgan fingerprint density at radius 1 is 0.973 bits per heavy atom. The van der Waals surface area contributed by atoms with E-state index in [1.807, 2.05) is 54.6 Å². The molecule has 0 aromatic heterocycles. The SMILES string of the molecule is COc1cccc(CN2CCN3C(C(=O)Nc4ccc(OCc5ccccc5)cc4)=COC3=NC2=O)c1. The molecule has 3 amide bonds. The van der Waals surface area contributed by atoms with Crippen molar-refractivity contribution in [2.75, 3.05) is 25.5 Å². The molecular weight excluding hydrogens is 472 g/mol. The Kier molecular flexibility index (Phi) is 7.02. The van der Waals surface area contributed by atoms with E-state index in [9.17, 15) is 9.59 Å². The fraction of sp³-hybridized carbons (Fsp3) is 0.179. The predicted molar refractivity (Wildman–Crippen MR) is 138 cm³/mol. The van der Waals surface area contributed by atoms with Crippen LogP contribution in [0.2, 0.25) is 0 Å². The summed E-state index contributed by atoms with van der Waals surface area (Å²) >= 11 is 0. The minimum atomic E-state index is -0.429. The van der Waals surface area contributed by atoms with Gasteiger partial charge in [-0.2, -0.15) is 0 Å². The first-order valence-electron chi connectivity index (χ1n) is 11.8. The Bertz CT molecular complexity index is 1340. The number of aliphatic imine (C=N–C) groups is 1. The maximum Gasteiger partial charge on any atom is 0.348 e. The number of nitrogens with one attached hydrogen (secondary N) is 1. The van der Waals surface area contributed by atoms with Gasteiger partial charge in [-0.1, -0.05) is 42.5 Å². The maximum absolute atomic E-state index is 13.0. The molecule has 9 nitrogen and oxygen atoms in total. The Morgan fingerprint density at radius 2 is 1.76 bits per heavy atom. The highest BCUT2D eigenvalue weighted by molar-refractivity contribution is 6.08. The molecule has 5 rings (SSSR count). The van der Waals surface area contributed by atoms with Gasteiger partial charge in [0.05, 0.1) is 7.11 Å². The van der Waals surface area contributed by atoms with Gasteiger partial charge in [0.15, 0.2) is 0 Å². The highest BCUT2D eigenvalue weighted by Gasteiger charge is 2.33. The Hall–Kier alpha value is -4.79. The van der Waals surface area contributed by atoms with E-state index in [2.05, 4.69) is 10.3 Å². The number of rotatable bonds is 8. The summed E-state index contributed by atoms with van der Waals surface area (Å²) in [6, 6.07) is 24.2. The number of carbonyl (C=O) groups is 2. The first-order chi connectivity index (χ1) is 18.1. The zero-order valence-corrected chi connectivity index (χ0v) is 20.3. The average Bonchev–Trinajstić information content (AvgIpc) is 3.26. The van der Waals surface area contributed by atoms with Crippen molar-refractivity contribution >= 4 is 23.6 Å². The molecule has 188 valence electrons. The van der Waals surface area contributed by atoms with Crippen LogP contribution in [0.25, 0.3) is 0 Å². The smallest absolute Gasteiger partial charge is 0.348 e. The van der Waals surface area contributed by atoms with Gasteiger partial charge < -0.3 is 24.4 Å². The Balaban J connectivity index is 1.18. The van der Waals surface area contributed by atoms with Gasteiger partial charge in [0.2, 0.25) is 0 Å². The van der Waals surface area contributed by atoms with Gasteiger partial charge in [0.1, 0.15) is 30.1 Å². The van der Waals surface area contributed by atoms with Crippen LogP contribution in [0.3, 0.4) is 0 Å². The molecule has 3 aromatic carbocycles. The molecule has 0 bridgehead atoms. The summed E-state index contributed by atoms with van der Waals surface area (Å²) in [6.07, 6.45) is 1.32. The zero-order chi connectivity index (χ0) is 25.6. The highest BCUT2D eigenvalue weighted by Crippen LogP contribution is 2.23. The molecule has 37 heavy (non-hydrogen) atoms. The standard InChI is InChI=1S/C28H26N4O5/c1-35-24-9-5-8-21(16-24)17-31-14-15-32-25(19-37-28(32)30-27(31)34)26(33)29-22-10-12-23(13-11-22)36-18-20-6-3-2-4-7-20/h2-13,16,19H,14-15,17-18H2,1H3,(H,29,33). The monoisotopic (exact) mass is 498 g/mol. The summed E-state index contributed by atoms with van der Waals surface area (Å²) in [6.45, 7) is 1.55. The number of benzene rings is 3. The second-order valence-electron chi connectivity index (χ2n) is 8.48. The van der Waals surface area contributed by atoms with Gasteiger partial charge in [-0.15, -0.1) is 4.99 Å². The second kappa shape index (κ2) is 10.9. The number of nitrogens with zero attached hydrogens (tertiary/aromatic N) is 3. The van der Waals surface area contributed by atoms with Crippen LogP contribution in [0.15, 0.2) is 95.8 Å². The zero-order valence-electron chi connectivity index (χ0n) is 20.3. The third-order valence-electron chi connectivity index (χ3n) is 5.95. The van der Waals surface area contributed by atoms with Crippen molar-refractivity contribution in [2.24, 2.45) is 4.99 Å². The minimum absolute atomic E-state index is 0.0907.